The van der Waals surface area contributed by atoms with Crippen molar-refractivity contribution in [2.75, 3.05) is 19.8 Å². The van der Waals surface area contributed by atoms with Crippen molar-refractivity contribution in [2.24, 2.45) is 11.8 Å². The van der Waals surface area contributed by atoms with Crippen molar-refractivity contribution < 1.29 is 57.1 Å². The molecule has 0 bridgehead atoms. The Morgan fingerprint density at radius 2 is 0.833 bits per heavy atom. The second kappa shape index (κ2) is 34.8. The summed E-state index contributed by atoms with van der Waals surface area (Å²) in [7, 11) is 0. The van der Waals surface area contributed by atoms with E-state index in [1.807, 2.05) is 0 Å². The van der Waals surface area contributed by atoms with Crippen LogP contribution in [0.3, 0.4) is 0 Å². The van der Waals surface area contributed by atoms with E-state index in [2.05, 4.69) is 27.7 Å². The van der Waals surface area contributed by atoms with E-state index in [4.69, 9.17) is 33.2 Å². The third-order valence-electron chi connectivity index (χ3n) is 11.1. The smallest absolute Gasteiger partial charge is 0.306 e. The maximum absolute atomic E-state index is 13.1. The molecule has 1 fully saturated rings. The van der Waals surface area contributed by atoms with Crippen LogP contribution in [-0.2, 0) is 57.1 Å². The number of rotatable bonds is 37. The minimum Gasteiger partial charge on any atom is -0.457 e. The van der Waals surface area contributed by atoms with Crippen LogP contribution in [0, 0.1) is 11.8 Å². The Bertz CT molecular complexity index is 1120. The summed E-state index contributed by atoms with van der Waals surface area (Å²) in [5, 5.41) is 0. The first-order valence-electron chi connectivity index (χ1n) is 23.8. The Labute approximate surface area is 363 Å². The number of ether oxygens (including phenoxy) is 7. The Kier molecular flexibility index (Phi) is 32.1. The van der Waals surface area contributed by atoms with Gasteiger partial charge in [-0.2, -0.15) is 0 Å². The van der Waals surface area contributed by atoms with Gasteiger partial charge in [-0.15, -0.1) is 0 Å². The van der Waals surface area contributed by atoms with Crippen molar-refractivity contribution in [1.29, 1.82) is 0 Å². The molecular formula is C48H86O12. The summed E-state index contributed by atoms with van der Waals surface area (Å²) in [6, 6.07) is 0. The van der Waals surface area contributed by atoms with Crippen LogP contribution in [0.4, 0.5) is 0 Å². The van der Waals surface area contributed by atoms with E-state index in [1.165, 1.54) is 117 Å². The molecule has 0 radical (unpaired) electrons. The summed E-state index contributed by atoms with van der Waals surface area (Å²) in [5.41, 5.74) is 0. The molecule has 0 saturated heterocycles. The van der Waals surface area contributed by atoms with E-state index in [0.717, 1.165) is 64.2 Å². The summed E-state index contributed by atoms with van der Waals surface area (Å²) in [4.78, 5) is 61.8. The van der Waals surface area contributed by atoms with Gasteiger partial charge in [-0.3, -0.25) is 24.0 Å². The highest BCUT2D eigenvalue weighted by atomic mass is 16.7. The molecule has 12 heteroatoms. The second-order valence-corrected chi connectivity index (χ2v) is 17.6. The maximum atomic E-state index is 13.1. The van der Waals surface area contributed by atoms with Gasteiger partial charge >= 0.3 is 29.8 Å². The number of unbranched alkanes of at least 4 members (excludes halogenated alkanes) is 17. The van der Waals surface area contributed by atoms with E-state index >= 15 is 0 Å². The van der Waals surface area contributed by atoms with Gasteiger partial charge in [0.1, 0.15) is 12.2 Å². The van der Waals surface area contributed by atoms with E-state index in [-0.39, 0.29) is 25.6 Å². The average Bonchev–Trinajstić information content (AvgIpc) is 3.40. The van der Waals surface area contributed by atoms with E-state index in [0.29, 0.717) is 13.0 Å². The van der Waals surface area contributed by atoms with Crippen molar-refractivity contribution in [1.82, 2.24) is 0 Å². The lowest BCUT2D eigenvalue weighted by molar-refractivity contribution is -0.181. The lowest BCUT2D eigenvalue weighted by atomic mass is 9.96. The molecule has 0 amide bonds. The number of hydrogen-bond acceptors (Lipinski definition) is 12. The van der Waals surface area contributed by atoms with Crippen LogP contribution in [-0.4, -0.2) is 86.3 Å². The Morgan fingerprint density at radius 1 is 0.450 bits per heavy atom. The van der Waals surface area contributed by atoms with Gasteiger partial charge in [0, 0.05) is 40.7 Å². The summed E-state index contributed by atoms with van der Waals surface area (Å²) >= 11 is 0. The van der Waals surface area contributed by atoms with Gasteiger partial charge in [-0.1, -0.05) is 163 Å². The predicted octanol–water partition coefficient (Wildman–Crippen LogP) is 10.7. The molecule has 0 heterocycles. The van der Waals surface area contributed by atoms with Crippen LogP contribution in [0.1, 0.15) is 209 Å². The molecule has 6 atom stereocenters. The van der Waals surface area contributed by atoms with Crippen molar-refractivity contribution in [3.05, 3.63) is 0 Å². The first-order chi connectivity index (χ1) is 28.7. The van der Waals surface area contributed by atoms with Gasteiger partial charge < -0.3 is 33.2 Å². The van der Waals surface area contributed by atoms with Gasteiger partial charge in [0.05, 0.1) is 13.2 Å². The van der Waals surface area contributed by atoms with Crippen LogP contribution in [0.5, 0.6) is 0 Å². The minimum atomic E-state index is -1.32. The highest BCUT2D eigenvalue weighted by molar-refractivity contribution is 5.70. The fourth-order valence-electron chi connectivity index (χ4n) is 7.93. The molecule has 0 spiro atoms. The lowest BCUT2D eigenvalue weighted by Gasteiger charge is -2.27. The molecule has 60 heavy (non-hydrogen) atoms. The molecule has 1 saturated carbocycles. The SMILES string of the molecule is CCCCCCC(C)CCCCCCCCCOC[C@@H](COC1[C@@H](OC(C)=O)[C@H](OC(C)=O)[C@@H](OC(C)=O)[C@@H]1OC(C)=O)OC(=O)CCCCCCCCCCCC(C)C. The van der Waals surface area contributed by atoms with Gasteiger partial charge in [-0.05, 0) is 24.7 Å². The highest BCUT2D eigenvalue weighted by Crippen LogP contribution is 2.34. The summed E-state index contributed by atoms with van der Waals surface area (Å²) in [5.74, 6) is -1.68. The first kappa shape index (κ1) is 55.3. The third kappa shape index (κ3) is 28.0. The van der Waals surface area contributed by atoms with Crippen molar-refractivity contribution in [3.8, 4) is 0 Å². The van der Waals surface area contributed by atoms with Crippen LogP contribution in [0.25, 0.3) is 0 Å². The molecule has 0 aliphatic heterocycles. The van der Waals surface area contributed by atoms with Crippen LogP contribution < -0.4 is 0 Å². The number of esters is 5. The fraction of sp³-hybridized carbons (Fsp3) is 0.896. The normalized spacial score (nSPS) is 18.9. The molecule has 0 aromatic carbocycles. The van der Waals surface area contributed by atoms with E-state index in [1.54, 1.807) is 0 Å². The quantitative estimate of drug-likeness (QED) is 0.0332. The Balaban J connectivity index is 2.78. The van der Waals surface area contributed by atoms with Crippen molar-refractivity contribution >= 4 is 29.8 Å². The zero-order valence-corrected chi connectivity index (χ0v) is 39.1. The van der Waals surface area contributed by atoms with Crippen LogP contribution >= 0.6 is 0 Å². The average molecular weight is 855 g/mol. The molecule has 1 rings (SSSR count). The summed E-state index contributed by atoms with van der Waals surface area (Å²) in [6.45, 7) is 14.2. The summed E-state index contributed by atoms with van der Waals surface area (Å²) < 4.78 is 40.1. The predicted molar refractivity (Wildman–Crippen MR) is 233 cm³/mol. The molecular weight excluding hydrogens is 769 g/mol. The van der Waals surface area contributed by atoms with Crippen LogP contribution in [0.15, 0.2) is 0 Å². The second-order valence-electron chi connectivity index (χ2n) is 17.6. The first-order valence-corrected chi connectivity index (χ1v) is 23.8. The van der Waals surface area contributed by atoms with Gasteiger partial charge in [0.15, 0.2) is 24.4 Å². The third-order valence-corrected chi connectivity index (χ3v) is 11.1. The largest absolute Gasteiger partial charge is 0.457 e. The van der Waals surface area contributed by atoms with Gasteiger partial charge in [0.25, 0.3) is 0 Å². The molecule has 350 valence electrons. The van der Waals surface area contributed by atoms with E-state index < -0.39 is 60.5 Å². The van der Waals surface area contributed by atoms with Crippen molar-refractivity contribution in [2.45, 2.75) is 246 Å². The molecule has 0 aromatic heterocycles. The number of carbonyl (C=O) groups excluding carboxylic acids is 5. The standard InChI is InChI=1S/C48H86O12/c1-9-10-11-25-30-37(4)31-26-21-17-15-19-23-28-33-54-34-42(60-43(53)32-27-22-18-14-12-13-16-20-24-29-36(2)3)35-55-44-45(56-38(5)49)47(58-40(7)51)48(59-41(8)52)46(44)57-39(6)50/h36-37,42,44-48H,9-35H2,1-8H3/t37?,42-,45+,46+,47-,48-/m0/s1. The molecule has 1 aliphatic rings. The van der Waals surface area contributed by atoms with Gasteiger partial charge in [0.2, 0.25) is 0 Å². The number of carbonyl (C=O) groups is 5. The van der Waals surface area contributed by atoms with Crippen LogP contribution in [0.2, 0.25) is 0 Å². The topological polar surface area (TPSA) is 150 Å². The molecule has 0 N–H and O–H groups in total. The van der Waals surface area contributed by atoms with Gasteiger partial charge in [-0.25, -0.2) is 0 Å². The zero-order valence-electron chi connectivity index (χ0n) is 39.1. The summed E-state index contributed by atoms with van der Waals surface area (Å²) in [6.07, 6.45) is 20.6. The molecule has 12 nitrogen and oxygen atoms in total. The Hall–Kier alpha value is -2.73. The monoisotopic (exact) mass is 855 g/mol. The zero-order chi connectivity index (χ0) is 44.5. The molecule has 1 unspecified atom stereocenters. The highest BCUT2D eigenvalue weighted by Gasteiger charge is 2.59. The lowest BCUT2D eigenvalue weighted by Crippen LogP contribution is -2.43. The molecule has 0 aromatic rings. The fourth-order valence-corrected chi connectivity index (χ4v) is 7.93. The maximum Gasteiger partial charge on any atom is 0.306 e. The molecule has 1 aliphatic carbocycles. The van der Waals surface area contributed by atoms with Crippen molar-refractivity contribution in [3.63, 3.8) is 0 Å². The van der Waals surface area contributed by atoms with E-state index in [9.17, 15) is 24.0 Å². The number of hydrogen-bond donors (Lipinski definition) is 0. The Morgan fingerprint density at radius 3 is 1.27 bits per heavy atom. The minimum absolute atomic E-state index is 0.0590.